The van der Waals surface area contributed by atoms with Gasteiger partial charge in [0.2, 0.25) is 0 Å². The van der Waals surface area contributed by atoms with Crippen LogP contribution in [0.4, 0.5) is 0 Å². The summed E-state index contributed by atoms with van der Waals surface area (Å²) in [5, 5.41) is 0.874. The van der Waals surface area contributed by atoms with Crippen LogP contribution in [0, 0.1) is 0 Å². The minimum absolute atomic E-state index is 0.113. The highest BCUT2D eigenvalue weighted by Crippen LogP contribution is 2.29. The summed E-state index contributed by atoms with van der Waals surface area (Å²) in [5.74, 6) is -0.113. The Morgan fingerprint density at radius 1 is 1.10 bits per heavy atom. The largest absolute Gasteiger partial charge is 0.351 e. The Morgan fingerprint density at radius 2 is 1.86 bits per heavy atom. The van der Waals surface area contributed by atoms with Crippen LogP contribution in [0.3, 0.4) is 0 Å². The van der Waals surface area contributed by atoms with E-state index in [1.807, 2.05) is 48.6 Å². The van der Waals surface area contributed by atoms with Gasteiger partial charge in [0.05, 0.1) is 4.91 Å². The predicted octanol–water partition coefficient (Wildman–Crippen LogP) is 3.70. The molecule has 0 spiro atoms. The summed E-state index contributed by atoms with van der Waals surface area (Å²) in [6.07, 6.45) is 9.46. The van der Waals surface area contributed by atoms with Crippen LogP contribution < -0.4 is 0 Å². The van der Waals surface area contributed by atoms with E-state index in [4.69, 9.17) is 0 Å². The van der Waals surface area contributed by atoms with E-state index in [1.165, 1.54) is 31.0 Å². The molecule has 1 aromatic carbocycles. The van der Waals surface area contributed by atoms with E-state index in [1.54, 1.807) is 0 Å². The molecule has 108 valence electrons. The second kappa shape index (κ2) is 6.76. The number of amides is 1. The number of aliphatic imine (C=N–C) groups is 1. The molecule has 1 fully saturated rings. The SMILES string of the molecule is O=C1N=C(N2CCCCC2)S/C1=C/C=C\c1ccccc1. The highest BCUT2D eigenvalue weighted by molar-refractivity contribution is 8.18. The first-order valence-corrected chi connectivity index (χ1v) is 8.14. The lowest BCUT2D eigenvalue weighted by molar-refractivity contribution is -0.113. The first kappa shape index (κ1) is 14.1. The van der Waals surface area contributed by atoms with Crippen molar-refractivity contribution < 1.29 is 4.79 Å². The molecular weight excluding hydrogens is 280 g/mol. The molecule has 4 heteroatoms. The van der Waals surface area contributed by atoms with Gasteiger partial charge in [-0.25, -0.2) is 0 Å². The minimum atomic E-state index is -0.113. The molecule has 0 unspecified atom stereocenters. The Kier molecular flexibility index (Phi) is 4.55. The van der Waals surface area contributed by atoms with Crippen LogP contribution in [-0.2, 0) is 4.79 Å². The van der Waals surface area contributed by atoms with Crippen molar-refractivity contribution in [1.82, 2.24) is 4.90 Å². The van der Waals surface area contributed by atoms with Crippen LogP contribution in [0.25, 0.3) is 6.08 Å². The van der Waals surface area contributed by atoms with E-state index in [9.17, 15) is 4.79 Å². The van der Waals surface area contributed by atoms with E-state index in [-0.39, 0.29) is 5.91 Å². The fourth-order valence-electron chi connectivity index (χ4n) is 2.44. The summed E-state index contributed by atoms with van der Waals surface area (Å²) < 4.78 is 0. The Labute approximate surface area is 129 Å². The van der Waals surface area contributed by atoms with Gasteiger partial charge in [-0.15, -0.1) is 0 Å². The molecule has 0 atom stereocenters. The Balaban J connectivity index is 1.64. The molecule has 3 nitrogen and oxygen atoms in total. The van der Waals surface area contributed by atoms with Gasteiger partial charge < -0.3 is 4.90 Å². The first-order valence-electron chi connectivity index (χ1n) is 7.32. The predicted molar refractivity (Wildman–Crippen MR) is 89.0 cm³/mol. The van der Waals surface area contributed by atoms with Gasteiger partial charge in [0.15, 0.2) is 5.17 Å². The first-order chi connectivity index (χ1) is 10.3. The molecule has 2 heterocycles. The topological polar surface area (TPSA) is 32.7 Å². The highest BCUT2D eigenvalue weighted by Gasteiger charge is 2.26. The monoisotopic (exact) mass is 298 g/mol. The van der Waals surface area contributed by atoms with Gasteiger partial charge >= 0.3 is 0 Å². The number of carbonyl (C=O) groups excluding carboxylic acids is 1. The van der Waals surface area contributed by atoms with Crippen LogP contribution in [0.2, 0.25) is 0 Å². The maximum atomic E-state index is 11.9. The fraction of sp³-hybridized carbons (Fsp3) is 0.294. The number of benzene rings is 1. The maximum absolute atomic E-state index is 11.9. The molecule has 0 N–H and O–H groups in total. The third kappa shape index (κ3) is 3.64. The molecule has 0 radical (unpaired) electrons. The zero-order chi connectivity index (χ0) is 14.5. The van der Waals surface area contributed by atoms with Gasteiger partial charge in [0.25, 0.3) is 5.91 Å². The second-order valence-corrected chi connectivity index (χ2v) is 6.16. The van der Waals surface area contributed by atoms with Gasteiger partial charge in [-0.2, -0.15) is 4.99 Å². The number of likely N-dealkylation sites (tertiary alicyclic amines) is 1. The molecule has 1 saturated heterocycles. The average molecular weight is 298 g/mol. The maximum Gasteiger partial charge on any atom is 0.286 e. The zero-order valence-electron chi connectivity index (χ0n) is 11.9. The van der Waals surface area contributed by atoms with Crippen LogP contribution >= 0.6 is 11.8 Å². The number of carbonyl (C=O) groups is 1. The number of thioether (sulfide) groups is 1. The lowest BCUT2D eigenvalue weighted by atomic mass is 10.1. The van der Waals surface area contributed by atoms with Crippen molar-refractivity contribution in [2.24, 2.45) is 4.99 Å². The van der Waals surface area contributed by atoms with Crippen LogP contribution in [0.15, 0.2) is 52.4 Å². The van der Waals surface area contributed by atoms with E-state index in [0.717, 1.165) is 23.8 Å². The van der Waals surface area contributed by atoms with Crippen molar-refractivity contribution in [3.05, 3.63) is 53.0 Å². The summed E-state index contributed by atoms with van der Waals surface area (Å²) in [7, 11) is 0. The fourth-order valence-corrected chi connectivity index (χ4v) is 3.36. The van der Waals surface area contributed by atoms with E-state index in [2.05, 4.69) is 9.89 Å². The van der Waals surface area contributed by atoms with Crippen molar-refractivity contribution in [2.75, 3.05) is 13.1 Å². The summed E-state index contributed by atoms with van der Waals surface area (Å²) in [6, 6.07) is 10.1. The standard InChI is InChI=1S/C17H18N2OS/c20-16-15(11-7-10-14-8-3-1-4-9-14)21-17(18-16)19-12-5-2-6-13-19/h1,3-4,7-11H,2,5-6,12-13H2/b10-7-,15-11+. The van der Waals surface area contributed by atoms with Crippen LogP contribution in [-0.4, -0.2) is 29.1 Å². The zero-order valence-corrected chi connectivity index (χ0v) is 12.7. The van der Waals surface area contributed by atoms with Crippen molar-refractivity contribution >= 4 is 28.9 Å². The van der Waals surface area contributed by atoms with Gasteiger partial charge in [-0.3, -0.25) is 4.79 Å². The number of piperidine rings is 1. The molecule has 3 rings (SSSR count). The van der Waals surface area contributed by atoms with Gasteiger partial charge in [0.1, 0.15) is 0 Å². The van der Waals surface area contributed by atoms with Crippen LogP contribution in [0.1, 0.15) is 24.8 Å². The molecule has 0 saturated carbocycles. The van der Waals surface area contributed by atoms with Crippen molar-refractivity contribution in [2.45, 2.75) is 19.3 Å². The van der Waals surface area contributed by atoms with E-state index >= 15 is 0 Å². The molecule has 1 aromatic rings. The normalized spacial score (nSPS) is 21.3. The van der Waals surface area contributed by atoms with Crippen molar-refractivity contribution in [3.8, 4) is 0 Å². The van der Waals surface area contributed by atoms with Gasteiger partial charge in [0, 0.05) is 13.1 Å². The molecule has 21 heavy (non-hydrogen) atoms. The van der Waals surface area contributed by atoms with E-state index < -0.39 is 0 Å². The number of hydrogen-bond donors (Lipinski definition) is 0. The number of allylic oxidation sites excluding steroid dienone is 2. The number of amidine groups is 1. The molecule has 2 aliphatic heterocycles. The van der Waals surface area contributed by atoms with Crippen molar-refractivity contribution in [3.63, 3.8) is 0 Å². The average Bonchev–Trinajstić information content (AvgIpc) is 2.91. The number of rotatable bonds is 2. The van der Waals surface area contributed by atoms with Gasteiger partial charge in [-0.05, 0) is 42.7 Å². The van der Waals surface area contributed by atoms with E-state index in [0.29, 0.717) is 4.91 Å². The number of nitrogens with zero attached hydrogens (tertiary/aromatic N) is 2. The Morgan fingerprint density at radius 3 is 2.62 bits per heavy atom. The quantitative estimate of drug-likeness (QED) is 0.780. The Bertz CT molecular complexity index is 598. The molecule has 0 bridgehead atoms. The third-order valence-electron chi connectivity index (χ3n) is 3.57. The summed E-state index contributed by atoms with van der Waals surface area (Å²) in [6.45, 7) is 2.04. The van der Waals surface area contributed by atoms with Crippen molar-refractivity contribution in [1.29, 1.82) is 0 Å². The Hall–Kier alpha value is -1.81. The highest BCUT2D eigenvalue weighted by atomic mass is 32.2. The third-order valence-corrected chi connectivity index (χ3v) is 4.63. The summed E-state index contributed by atoms with van der Waals surface area (Å²) in [4.78, 5) is 19.1. The van der Waals surface area contributed by atoms with Crippen LogP contribution in [0.5, 0.6) is 0 Å². The molecule has 0 aromatic heterocycles. The summed E-state index contributed by atoms with van der Waals surface area (Å²) in [5.41, 5.74) is 1.13. The smallest absolute Gasteiger partial charge is 0.286 e. The lowest BCUT2D eigenvalue weighted by Crippen LogP contribution is -2.33. The summed E-state index contributed by atoms with van der Waals surface area (Å²) >= 11 is 1.50. The number of hydrogen-bond acceptors (Lipinski definition) is 3. The minimum Gasteiger partial charge on any atom is -0.351 e. The molecule has 0 aliphatic carbocycles. The van der Waals surface area contributed by atoms with Gasteiger partial charge in [-0.1, -0.05) is 42.5 Å². The second-order valence-electron chi connectivity index (χ2n) is 5.15. The molecule has 1 amide bonds. The lowest BCUT2D eigenvalue weighted by Gasteiger charge is -2.27. The molecule has 2 aliphatic rings. The molecular formula is C17H18N2OS.